The molecule has 142 valence electrons. The summed E-state index contributed by atoms with van der Waals surface area (Å²) in [6, 6.07) is 10.4. The van der Waals surface area contributed by atoms with Crippen molar-refractivity contribution in [2.24, 2.45) is 17.3 Å². The topological polar surface area (TPSA) is 47.9 Å². The van der Waals surface area contributed by atoms with Crippen LogP contribution in [0.5, 0.6) is 0 Å². The Morgan fingerprint density at radius 2 is 1.92 bits per heavy atom. The van der Waals surface area contributed by atoms with Gasteiger partial charge in [0.25, 0.3) is 0 Å². The number of hydrogen-bond acceptors (Lipinski definition) is 4. The smallest absolute Gasteiger partial charge is 0.182 e. The number of hydrogen-bond donors (Lipinski definition) is 1. The zero-order valence-electron chi connectivity index (χ0n) is 15.8. The lowest BCUT2D eigenvalue weighted by molar-refractivity contribution is -0.0904. The molecule has 0 unspecified atom stereocenters. The van der Waals surface area contributed by atoms with Gasteiger partial charge in [0.05, 0.1) is 32.0 Å². The first kappa shape index (κ1) is 18.2. The average molecular weight is 358 g/mol. The molecule has 1 aromatic carbocycles. The molecule has 4 rings (SSSR count). The monoisotopic (exact) mass is 358 g/mol. The fourth-order valence-corrected chi connectivity index (χ4v) is 5.07. The predicted molar refractivity (Wildman–Crippen MR) is 99.4 cm³/mol. The molecule has 1 N–H and O–H groups in total. The summed E-state index contributed by atoms with van der Waals surface area (Å²) in [5.41, 5.74) is 2.22. The van der Waals surface area contributed by atoms with E-state index in [9.17, 15) is 5.11 Å². The van der Waals surface area contributed by atoms with Crippen LogP contribution in [-0.2, 0) is 20.8 Å². The highest BCUT2D eigenvalue weighted by Crippen LogP contribution is 2.52. The second-order valence-corrected chi connectivity index (χ2v) is 8.31. The Hall–Kier alpha value is -1.20. The lowest BCUT2D eigenvalue weighted by Crippen LogP contribution is -2.48. The van der Waals surface area contributed by atoms with Crippen molar-refractivity contribution >= 4 is 0 Å². The Morgan fingerprint density at radius 1 is 1.19 bits per heavy atom. The minimum absolute atomic E-state index is 0.0793. The van der Waals surface area contributed by atoms with E-state index in [-0.39, 0.29) is 17.8 Å². The van der Waals surface area contributed by atoms with E-state index in [4.69, 9.17) is 14.2 Å². The summed E-state index contributed by atoms with van der Waals surface area (Å²) in [7, 11) is 0. The third-order valence-corrected chi connectivity index (χ3v) is 6.59. The van der Waals surface area contributed by atoms with Gasteiger partial charge in [0.2, 0.25) is 0 Å². The minimum Gasteiger partial charge on any atom is -0.389 e. The molecule has 0 radical (unpaired) electrons. The maximum Gasteiger partial charge on any atom is 0.182 e. The van der Waals surface area contributed by atoms with Crippen LogP contribution in [0.15, 0.2) is 42.0 Å². The van der Waals surface area contributed by atoms with Gasteiger partial charge in [-0.1, -0.05) is 50.3 Å². The van der Waals surface area contributed by atoms with Crippen LogP contribution < -0.4 is 0 Å². The minimum atomic E-state index is -0.480. The molecule has 1 aromatic rings. The highest BCUT2D eigenvalue weighted by Gasteiger charge is 2.48. The van der Waals surface area contributed by atoms with Crippen molar-refractivity contribution in [3.05, 3.63) is 47.5 Å². The Morgan fingerprint density at radius 3 is 2.65 bits per heavy atom. The molecular formula is C22H30O4. The molecule has 4 nitrogen and oxygen atoms in total. The Labute approximate surface area is 156 Å². The van der Waals surface area contributed by atoms with Gasteiger partial charge in [-0.2, -0.15) is 0 Å². The Kier molecular flexibility index (Phi) is 5.20. The molecule has 0 amide bonds. The van der Waals surface area contributed by atoms with E-state index in [0.29, 0.717) is 31.7 Å². The second-order valence-electron chi connectivity index (χ2n) is 8.31. The third kappa shape index (κ3) is 3.48. The average Bonchev–Trinajstić information content (AvgIpc) is 3.18. The van der Waals surface area contributed by atoms with Crippen molar-refractivity contribution in [1.29, 1.82) is 0 Å². The van der Waals surface area contributed by atoms with Crippen LogP contribution in [0.25, 0.3) is 0 Å². The maximum atomic E-state index is 10.7. The SMILES string of the molecule is C[C@@H]1[C@@H](OCc2ccccc2)CC[C@]2(C)C=C(C3OCCO3)[C@@H](O)C[C@@H]12. The fourth-order valence-electron chi connectivity index (χ4n) is 5.07. The number of benzene rings is 1. The zero-order chi connectivity index (χ0) is 18.1. The van der Waals surface area contributed by atoms with Gasteiger partial charge in [0.1, 0.15) is 0 Å². The largest absolute Gasteiger partial charge is 0.389 e. The molecular weight excluding hydrogens is 328 g/mol. The summed E-state index contributed by atoms with van der Waals surface area (Å²) in [6.07, 6.45) is 4.55. The molecule has 26 heavy (non-hydrogen) atoms. The van der Waals surface area contributed by atoms with E-state index in [0.717, 1.165) is 24.8 Å². The number of aliphatic hydroxyl groups excluding tert-OH is 1. The summed E-state index contributed by atoms with van der Waals surface area (Å²) < 4.78 is 17.6. The number of allylic oxidation sites excluding steroid dienone is 1. The summed E-state index contributed by atoms with van der Waals surface area (Å²) in [6.45, 7) is 6.49. The van der Waals surface area contributed by atoms with Crippen LogP contribution in [0.3, 0.4) is 0 Å². The Balaban J connectivity index is 1.46. The molecule has 1 saturated carbocycles. The molecule has 1 heterocycles. The molecule has 0 aromatic heterocycles. The molecule has 2 fully saturated rings. The molecule has 0 bridgehead atoms. The summed E-state index contributed by atoms with van der Waals surface area (Å²) in [5, 5.41) is 10.7. The summed E-state index contributed by atoms with van der Waals surface area (Å²) >= 11 is 0. The van der Waals surface area contributed by atoms with Gasteiger partial charge in [-0.3, -0.25) is 0 Å². The van der Waals surface area contributed by atoms with E-state index in [1.807, 2.05) is 6.07 Å². The molecule has 5 atom stereocenters. The van der Waals surface area contributed by atoms with Crippen molar-refractivity contribution in [3.8, 4) is 0 Å². The normalized spacial score (nSPS) is 38.0. The first-order valence-electron chi connectivity index (χ1n) is 9.86. The lowest BCUT2D eigenvalue weighted by atomic mass is 9.57. The maximum absolute atomic E-state index is 10.7. The standard InChI is InChI=1S/C22H30O4/c1-15-18-12-19(23)17(21-24-10-11-25-21)13-22(18,2)9-8-20(15)26-14-16-6-4-3-5-7-16/h3-7,13,15,18-21,23H,8-12,14H2,1-2H3/t15-,18-,19-,20-,22+/m0/s1. The molecule has 2 aliphatic carbocycles. The van der Waals surface area contributed by atoms with Gasteiger partial charge in [-0.15, -0.1) is 0 Å². The van der Waals surface area contributed by atoms with Gasteiger partial charge in [0, 0.05) is 5.57 Å². The Bertz CT molecular complexity index is 637. The van der Waals surface area contributed by atoms with E-state index < -0.39 is 6.10 Å². The van der Waals surface area contributed by atoms with Crippen molar-refractivity contribution in [2.75, 3.05) is 13.2 Å². The summed E-state index contributed by atoms with van der Waals surface area (Å²) in [4.78, 5) is 0. The highest BCUT2D eigenvalue weighted by molar-refractivity contribution is 5.23. The van der Waals surface area contributed by atoms with Crippen LogP contribution in [0.2, 0.25) is 0 Å². The summed E-state index contributed by atoms with van der Waals surface area (Å²) in [5.74, 6) is 0.826. The molecule has 4 heteroatoms. The number of fused-ring (bicyclic) bond motifs is 1. The molecule has 0 spiro atoms. The van der Waals surface area contributed by atoms with Gasteiger partial charge in [-0.05, 0) is 42.1 Å². The van der Waals surface area contributed by atoms with Crippen LogP contribution in [-0.4, -0.2) is 36.8 Å². The van der Waals surface area contributed by atoms with Gasteiger partial charge >= 0.3 is 0 Å². The van der Waals surface area contributed by atoms with Crippen LogP contribution in [0, 0.1) is 17.3 Å². The van der Waals surface area contributed by atoms with Crippen molar-refractivity contribution < 1.29 is 19.3 Å². The zero-order valence-corrected chi connectivity index (χ0v) is 15.8. The van der Waals surface area contributed by atoms with E-state index in [1.54, 1.807) is 0 Å². The van der Waals surface area contributed by atoms with E-state index in [2.05, 4.69) is 44.2 Å². The van der Waals surface area contributed by atoms with Crippen LogP contribution in [0.1, 0.15) is 38.7 Å². The fraction of sp³-hybridized carbons (Fsp3) is 0.636. The second kappa shape index (κ2) is 7.43. The first-order valence-corrected chi connectivity index (χ1v) is 9.86. The van der Waals surface area contributed by atoms with E-state index in [1.165, 1.54) is 5.56 Å². The quantitative estimate of drug-likeness (QED) is 0.834. The van der Waals surface area contributed by atoms with Gasteiger partial charge < -0.3 is 19.3 Å². The third-order valence-electron chi connectivity index (χ3n) is 6.59. The van der Waals surface area contributed by atoms with Gasteiger partial charge in [-0.25, -0.2) is 0 Å². The van der Waals surface area contributed by atoms with E-state index >= 15 is 0 Å². The predicted octanol–water partition coefficient (Wildman–Crippen LogP) is 3.69. The van der Waals surface area contributed by atoms with Crippen molar-refractivity contribution in [2.45, 2.75) is 58.2 Å². The van der Waals surface area contributed by atoms with Crippen LogP contribution >= 0.6 is 0 Å². The molecule has 3 aliphatic rings. The number of ether oxygens (including phenoxy) is 3. The van der Waals surface area contributed by atoms with Crippen molar-refractivity contribution in [3.63, 3.8) is 0 Å². The van der Waals surface area contributed by atoms with Gasteiger partial charge in [0.15, 0.2) is 6.29 Å². The van der Waals surface area contributed by atoms with Crippen LogP contribution in [0.4, 0.5) is 0 Å². The highest BCUT2D eigenvalue weighted by atomic mass is 16.7. The molecule has 1 aliphatic heterocycles. The molecule has 1 saturated heterocycles. The first-order chi connectivity index (χ1) is 12.6. The van der Waals surface area contributed by atoms with Crippen molar-refractivity contribution in [1.82, 2.24) is 0 Å². The lowest BCUT2D eigenvalue weighted by Gasteiger charge is -2.51. The number of rotatable bonds is 4. The number of aliphatic hydroxyl groups is 1.